The number of rotatable bonds is 4. The van der Waals surface area contributed by atoms with Crippen LogP contribution < -0.4 is 45.6 Å². The van der Waals surface area contributed by atoms with E-state index in [4.69, 9.17) is 0 Å². The Morgan fingerprint density at radius 1 is 0.474 bits per heavy atom. The van der Waals surface area contributed by atoms with Crippen molar-refractivity contribution in [1.82, 2.24) is 0 Å². The van der Waals surface area contributed by atoms with Crippen LogP contribution in [0, 0.1) is 27.7 Å². The Labute approximate surface area is 254 Å². The van der Waals surface area contributed by atoms with Gasteiger partial charge < -0.3 is 24.8 Å². The van der Waals surface area contributed by atoms with Crippen LogP contribution in [-0.4, -0.2) is 8.07 Å². The van der Waals surface area contributed by atoms with Crippen molar-refractivity contribution in [2.24, 2.45) is 0 Å². The normalized spacial score (nSPS) is 11.1. The molecule has 0 unspecified atom stereocenters. The summed E-state index contributed by atoms with van der Waals surface area (Å²) in [6.07, 6.45) is 0. The molecule has 188 valence electrons. The Kier molecular flexibility index (Phi) is 9.35. The molecule has 0 aliphatic rings. The largest absolute Gasteiger partial charge is 4.00 e. The molecule has 4 heteroatoms. The number of benzene rings is 4. The second-order valence-corrected chi connectivity index (χ2v) is 13.6. The number of aryl methyl sites for hydroxylation is 4. The van der Waals surface area contributed by atoms with Crippen LogP contribution in [0.4, 0.5) is 0 Å². The molecule has 0 saturated carbocycles. The van der Waals surface area contributed by atoms with Gasteiger partial charge in [0.05, 0.1) is 8.07 Å². The maximum absolute atomic E-state index is 2.68. The van der Waals surface area contributed by atoms with Crippen LogP contribution in [0.15, 0.2) is 109 Å². The van der Waals surface area contributed by atoms with E-state index in [1.165, 1.54) is 54.2 Å². The molecule has 0 amide bonds. The SMILES string of the molecule is Cc1[cH-]c2cccc(C)c2c1[Si](c1ccccc1)(c1ccccc1)c1c(C)[cH-]c2cccc(C)c12.[Cl-].[Cl-].[Ti+4]. The van der Waals surface area contributed by atoms with Gasteiger partial charge in [-0.05, 0) is 13.8 Å². The maximum atomic E-state index is 2.42. The fraction of sp³-hybridized carbons (Fsp3) is 0.118. The van der Waals surface area contributed by atoms with Gasteiger partial charge in [0.1, 0.15) is 0 Å². The number of fused-ring (bicyclic) bond motifs is 2. The molecule has 0 fully saturated rings. The van der Waals surface area contributed by atoms with E-state index >= 15 is 0 Å². The van der Waals surface area contributed by atoms with Crippen LogP contribution in [0.25, 0.3) is 21.5 Å². The summed E-state index contributed by atoms with van der Waals surface area (Å²) < 4.78 is 0. The fourth-order valence-corrected chi connectivity index (χ4v) is 12.4. The first-order chi connectivity index (χ1) is 17.0. The Morgan fingerprint density at radius 3 is 1.21 bits per heavy atom. The molecule has 0 saturated heterocycles. The molecule has 0 bridgehead atoms. The molecule has 0 N–H and O–H groups in total. The summed E-state index contributed by atoms with van der Waals surface area (Å²) in [5.74, 6) is 0. The molecule has 0 aliphatic heterocycles. The summed E-state index contributed by atoms with van der Waals surface area (Å²) in [4.78, 5) is 0. The molecule has 0 nitrogen and oxygen atoms in total. The molecule has 0 heterocycles. The molecule has 0 radical (unpaired) electrons. The monoisotopic (exact) mass is 584 g/mol. The smallest absolute Gasteiger partial charge is 1.00 e. The van der Waals surface area contributed by atoms with E-state index < -0.39 is 8.07 Å². The standard InChI is InChI=1S/C34H30Si.2ClH.Ti/c1-23-13-11-15-27-21-25(3)33(31(23)27)35(29-17-7-5-8-18-29,30-19-9-6-10-20-30)34-26(4)22-28-16-12-14-24(2)32(28)34;;;/h5-22H,1-4H3;2*1H;/q-2;;;+4/p-2. The molecule has 6 rings (SSSR count). The Morgan fingerprint density at radius 2 is 0.842 bits per heavy atom. The van der Waals surface area contributed by atoms with E-state index in [9.17, 15) is 0 Å². The van der Waals surface area contributed by atoms with Crippen molar-refractivity contribution in [1.29, 1.82) is 0 Å². The van der Waals surface area contributed by atoms with Crippen molar-refractivity contribution < 1.29 is 46.5 Å². The van der Waals surface area contributed by atoms with Gasteiger partial charge in [0, 0.05) is 0 Å². The van der Waals surface area contributed by atoms with Gasteiger partial charge in [-0.1, -0.05) is 108 Å². The summed E-state index contributed by atoms with van der Waals surface area (Å²) in [5, 5.41) is 11.6. The van der Waals surface area contributed by atoms with E-state index in [2.05, 4.69) is 137 Å². The Balaban J connectivity index is 0.00000133. The molecule has 0 spiro atoms. The van der Waals surface area contributed by atoms with E-state index in [0.717, 1.165) is 0 Å². The molecule has 38 heavy (non-hydrogen) atoms. The summed E-state index contributed by atoms with van der Waals surface area (Å²) in [6, 6.07) is 41.1. The zero-order valence-electron chi connectivity index (χ0n) is 22.1. The number of halogens is 2. The minimum absolute atomic E-state index is 0. The minimum Gasteiger partial charge on any atom is -1.00 e. The molecule has 6 aromatic rings. The number of hydrogen-bond donors (Lipinski definition) is 0. The van der Waals surface area contributed by atoms with E-state index in [0.29, 0.717) is 0 Å². The molecule has 0 atom stereocenters. The van der Waals surface area contributed by atoms with Gasteiger partial charge in [-0.15, -0.1) is 79.4 Å². The summed E-state index contributed by atoms with van der Waals surface area (Å²) in [7, 11) is -2.68. The van der Waals surface area contributed by atoms with Gasteiger partial charge in [-0.3, -0.25) is 0 Å². The Hall–Kier alpha value is -2.39. The van der Waals surface area contributed by atoms with Gasteiger partial charge >= 0.3 is 21.7 Å². The third kappa shape index (κ3) is 4.45. The summed E-state index contributed by atoms with van der Waals surface area (Å²) in [5.41, 5.74) is 5.52. The van der Waals surface area contributed by atoms with Crippen LogP contribution in [0.2, 0.25) is 0 Å². The summed E-state index contributed by atoms with van der Waals surface area (Å²) >= 11 is 0. The first kappa shape index (κ1) is 30.2. The van der Waals surface area contributed by atoms with Gasteiger partial charge in [-0.2, -0.15) is 0 Å². The third-order valence-electron chi connectivity index (χ3n) is 7.81. The van der Waals surface area contributed by atoms with Crippen molar-refractivity contribution in [3.05, 3.63) is 131 Å². The van der Waals surface area contributed by atoms with Crippen LogP contribution >= 0.6 is 0 Å². The van der Waals surface area contributed by atoms with Crippen molar-refractivity contribution in [2.45, 2.75) is 27.7 Å². The van der Waals surface area contributed by atoms with E-state index in [1.54, 1.807) is 10.4 Å². The van der Waals surface area contributed by atoms with Crippen LogP contribution in [0.5, 0.6) is 0 Å². The third-order valence-corrected chi connectivity index (χ3v) is 13.0. The van der Waals surface area contributed by atoms with Gasteiger partial charge in [0.2, 0.25) is 0 Å². The maximum Gasteiger partial charge on any atom is 4.00 e. The topological polar surface area (TPSA) is 0 Å². The first-order valence-corrected chi connectivity index (χ1v) is 14.5. The predicted molar refractivity (Wildman–Crippen MR) is 155 cm³/mol. The van der Waals surface area contributed by atoms with Crippen molar-refractivity contribution in [3.63, 3.8) is 0 Å². The molecular weight excluding hydrogens is 555 g/mol. The van der Waals surface area contributed by atoms with Gasteiger partial charge in [0.25, 0.3) is 0 Å². The fourth-order valence-electron chi connectivity index (χ4n) is 6.52. The second kappa shape index (κ2) is 11.8. The average molecular weight is 585 g/mol. The Bertz CT molecular complexity index is 1550. The van der Waals surface area contributed by atoms with Crippen molar-refractivity contribution in [3.8, 4) is 0 Å². The molecule has 0 aromatic heterocycles. The zero-order chi connectivity index (χ0) is 24.2. The van der Waals surface area contributed by atoms with Crippen LogP contribution in [-0.2, 0) is 21.7 Å². The van der Waals surface area contributed by atoms with Crippen molar-refractivity contribution in [2.75, 3.05) is 0 Å². The second-order valence-electron chi connectivity index (χ2n) is 9.97. The number of hydrogen-bond acceptors (Lipinski definition) is 0. The predicted octanol–water partition coefficient (Wildman–Crippen LogP) is 0.0474. The minimum atomic E-state index is -2.68. The van der Waals surface area contributed by atoms with Crippen molar-refractivity contribution >= 4 is 50.4 Å². The van der Waals surface area contributed by atoms with Crippen LogP contribution in [0.1, 0.15) is 22.3 Å². The summed E-state index contributed by atoms with van der Waals surface area (Å²) in [6.45, 7) is 9.22. The average Bonchev–Trinajstić information content (AvgIpc) is 3.40. The van der Waals surface area contributed by atoms with E-state index in [-0.39, 0.29) is 46.5 Å². The quantitative estimate of drug-likeness (QED) is 0.203. The van der Waals surface area contributed by atoms with Gasteiger partial charge in [0.15, 0.2) is 0 Å². The van der Waals surface area contributed by atoms with E-state index in [1.807, 2.05) is 0 Å². The first-order valence-electron chi connectivity index (χ1n) is 12.5. The molecular formula is C34H30Cl2SiTi. The molecule has 6 aromatic carbocycles. The van der Waals surface area contributed by atoms with Gasteiger partial charge in [-0.25, -0.2) is 0 Å². The zero-order valence-corrected chi connectivity index (χ0v) is 26.2. The van der Waals surface area contributed by atoms with Crippen LogP contribution in [0.3, 0.4) is 0 Å². The molecule has 0 aliphatic carbocycles.